The largest absolute Gasteiger partial charge is 0.452 e. The van der Waals surface area contributed by atoms with Crippen LogP contribution in [0.25, 0.3) is 6.08 Å². The second kappa shape index (κ2) is 7.38. The third-order valence-corrected chi connectivity index (χ3v) is 3.82. The summed E-state index contributed by atoms with van der Waals surface area (Å²) in [5.74, 6) is -0.388. The summed E-state index contributed by atoms with van der Waals surface area (Å²) in [5.41, 5.74) is 1.32. The van der Waals surface area contributed by atoms with Crippen LogP contribution in [0.3, 0.4) is 0 Å². The minimum absolute atomic E-state index is 0.0361. The van der Waals surface area contributed by atoms with Gasteiger partial charge in [-0.05, 0) is 30.2 Å². The van der Waals surface area contributed by atoms with Crippen molar-refractivity contribution in [3.8, 4) is 11.5 Å². The molecule has 2 aromatic carbocycles. The summed E-state index contributed by atoms with van der Waals surface area (Å²) in [6.07, 6.45) is 1.44. The molecule has 0 aliphatic carbocycles. The van der Waals surface area contributed by atoms with Crippen molar-refractivity contribution in [3.05, 3.63) is 69.0 Å². The number of hydrogen-bond acceptors (Lipinski definition) is 7. The lowest BCUT2D eigenvalue weighted by Gasteiger charge is -2.07. The Morgan fingerprint density at radius 3 is 2.78 bits per heavy atom. The van der Waals surface area contributed by atoms with Gasteiger partial charge in [-0.25, -0.2) is 4.79 Å². The summed E-state index contributed by atoms with van der Waals surface area (Å²) in [6, 6.07) is 8.86. The maximum absolute atomic E-state index is 12.6. The van der Waals surface area contributed by atoms with Gasteiger partial charge in [0.1, 0.15) is 18.1 Å². The van der Waals surface area contributed by atoms with Gasteiger partial charge in [-0.15, -0.1) is 0 Å². The van der Waals surface area contributed by atoms with E-state index in [1.807, 2.05) is 0 Å². The molecule has 1 aliphatic rings. The van der Waals surface area contributed by atoms with E-state index in [9.17, 15) is 19.7 Å². The number of rotatable bonds is 5. The average molecular weight is 369 g/mol. The fourth-order valence-corrected chi connectivity index (χ4v) is 2.69. The van der Waals surface area contributed by atoms with Gasteiger partial charge >= 0.3 is 5.97 Å². The van der Waals surface area contributed by atoms with Crippen molar-refractivity contribution in [2.24, 2.45) is 0 Å². The fraction of sp³-hybridized carbons (Fsp3) is 0.158. The molecule has 1 heterocycles. The molecule has 0 spiro atoms. The summed E-state index contributed by atoms with van der Waals surface area (Å²) < 4.78 is 15.5. The molecular weight excluding hydrogens is 354 g/mol. The van der Waals surface area contributed by atoms with Gasteiger partial charge in [-0.2, -0.15) is 0 Å². The van der Waals surface area contributed by atoms with Crippen molar-refractivity contribution >= 4 is 23.5 Å². The number of carbonyl (C=O) groups excluding carboxylic acids is 2. The van der Waals surface area contributed by atoms with E-state index in [4.69, 9.17) is 14.2 Å². The summed E-state index contributed by atoms with van der Waals surface area (Å²) in [5, 5.41) is 10.9. The third-order valence-electron chi connectivity index (χ3n) is 3.82. The summed E-state index contributed by atoms with van der Waals surface area (Å²) in [7, 11) is 1.38. The van der Waals surface area contributed by atoms with Crippen molar-refractivity contribution in [2.45, 2.75) is 6.92 Å². The van der Waals surface area contributed by atoms with Gasteiger partial charge in [-0.1, -0.05) is 12.1 Å². The molecule has 27 heavy (non-hydrogen) atoms. The van der Waals surface area contributed by atoms with Crippen LogP contribution in [-0.2, 0) is 9.53 Å². The molecule has 3 rings (SSSR count). The van der Waals surface area contributed by atoms with Gasteiger partial charge in [0.05, 0.1) is 10.5 Å². The molecule has 1 aliphatic heterocycles. The molecule has 0 unspecified atom stereocenters. The highest BCUT2D eigenvalue weighted by Gasteiger charge is 2.30. The van der Waals surface area contributed by atoms with E-state index in [2.05, 4.69) is 0 Å². The monoisotopic (exact) mass is 369 g/mol. The Kier molecular flexibility index (Phi) is 5.00. The number of aryl methyl sites for hydroxylation is 1. The Bertz CT molecular complexity index is 978. The SMILES string of the molecule is COCC(=O)Oc1cc(C)c2c(c1)O/C(=C\c1cccc([N+](=O)[O-])c1)C2=O. The zero-order chi connectivity index (χ0) is 19.6. The molecule has 0 aromatic heterocycles. The number of Topliss-reactive ketones (excluding diaryl/α,β-unsaturated/α-hetero) is 1. The van der Waals surface area contributed by atoms with E-state index >= 15 is 0 Å². The van der Waals surface area contributed by atoms with Gasteiger partial charge in [0, 0.05) is 25.3 Å². The molecule has 0 N–H and O–H groups in total. The first-order chi connectivity index (χ1) is 12.9. The Labute approximate surface area is 154 Å². The molecule has 0 amide bonds. The minimum atomic E-state index is -0.575. The lowest BCUT2D eigenvalue weighted by atomic mass is 10.0. The predicted molar refractivity (Wildman–Crippen MR) is 94.7 cm³/mol. The molecule has 8 heteroatoms. The van der Waals surface area contributed by atoms with Crippen LogP contribution < -0.4 is 9.47 Å². The van der Waals surface area contributed by atoms with Crippen LogP contribution in [0.1, 0.15) is 21.5 Å². The van der Waals surface area contributed by atoms with Crippen molar-refractivity contribution in [3.63, 3.8) is 0 Å². The number of fused-ring (bicyclic) bond motifs is 1. The Balaban J connectivity index is 1.90. The first-order valence-corrected chi connectivity index (χ1v) is 7.92. The summed E-state index contributed by atoms with van der Waals surface area (Å²) >= 11 is 0. The molecule has 0 atom stereocenters. The van der Waals surface area contributed by atoms with E-state index in [1.54, 1.807) is 19.1 Å². The number of hydrogen-bond donors (Lipinski definition) is 0. The number of ether oxygens (including phenoxy) is 3. The number of carbonyl (C=O) groups is 2. The number of nitrogens with zero attached hydrogens (tertiary/aromatic N) is 1. The molecular formula is C19H15NO7. The van der Waals surface area contributed by atoms with E-state index in [0.29, 0.717) is 16.7 Å². The van der Waals surface area contributed by atoms with Gasteiger partial charge in [0.2, 0.25) is 5.78 Å². The predicted octanol–water partition coefficient (Wildman–Crippen LogP) is 3.07. The molecule has 8 nitrogen and oxygen atoms in total. The maximum Gasteiger partial charge on any atom is 0.337 e. The van der Waals surface area contributed by atoms with E-state index in [1.165, 1.54) is 37.5 Å². The number of allylic oxidation sites excluding steroid dienone is 1. The van der Waals surface area contributed by atoms with Gasteiger partial charge in [0.25, 0.3) is 5.69 Å². The number of nitro benzene ring substituents is 1. The second-order valence-corrected chi connectivity index (χ2v) is 5.81. The van der Waals surface area contributed by atoms with Gasteiger partial charge in [-0.3, -0.25) is 14.9 Å². The lowest BCUT2D eigenvalue weighted by molar-refractivity contribution is -0.384. The summed E-state index contributed by atoms with van der Waals surface area (Å²) in [4.78, 5) is 34.6. The third kappa shape index (κ3) is 3.85. The topological polar surface area (TPSA) is 105 Å². The number of nitro groups is 1. The highest BCUT2D eigenvalue weighted by molar-refractivity contribution is 6.15. The van der Waals surface area contributed by atoms with E-state index < -0.39 is 10.9 Å². The standard InChI is InChI=1S/C19H15NO7/c1-11-6-14(26-17(21)10-25-2)9-15-18(11)19(22)16(27-15)8-12-4-3-5-13(7-12)20(23)24/h3-9H,10H2,1-2H3/b16-8-. The fourth-order valence-electron chi connectivity index (χ4n) is 2.69. The first-order valence-electron chi connectivity index (χ1n) is 7.92. The minimum Gasteiger partial charge on any atom is -0.452 e. The molecule has 0 radical (unpaired) electrons. The van der Waals surface area contributed by atoms with Crippen LogP contribution in [0, 0.1) is 17.0 Å². The number of methoxy groups -OCH3 is 1. The van der Waals surface area contributed by atoms with Crippen LogP contribution >= 0.6 is 0 Å². The quantitative estimate of drug-likeness (QED) is 0.262. The smallest absolute Gasteiger partial charge is 0.337 e. The van der Waals surface area contributed by atoms with E-state index in [0.717, 1.165) is 0 Å². The number of non-ortho nitro benzene ring substituents is 1. The Morgan fingerprint density at radius 1 is 1.30 bits per heavy atom. The van der Waals surface area contributed by atoms with Crippen LogP contribution in [0.4, 0.5) is 5.69 Å². The maximum atomic E-state index is 12.6. The molecule has 0 bridgehead atoms. The molecule has 0 saturated heterocycles. The number of ketones is 1. The van der Waals surface area contributed by atoms with Crippen LogP contribution in [0.15, 0.2) is 42.2 Å². The van der Waals surface area contributed by atoms with Crippen LogP contribution in [-0.4, -0.2) is 30.4 Å². The zero-order valence-electron chi connectivity index (χ0n) is 14.6. The molecule has 0 fully saturated rings. The average Bonchev–Trinajstić information content (AvgIpc) is 2.91. The number of benzene rings is 2. The van der Waals surface area contributed by atoms with Crippen LogP contribution in [0.2, 0.25) is 0 Å². The Morgan fingerprint density at radius 2 is 2.07 bits per heavy atom. The van der Waals surface area contributed by atoms with Gasteiger partial charge < -0.3 is 14.2 Å². The first kappa shape index (κ1) is 18.3. The van der Waals surface area contributed by atoms with Crippen molar-refractivity contribution in [1.82, 2.24) is 0 Å². The van der Waals surface area contributed by atoms with Crippen LogP contribution in [0.5, 0.6) is 11.5 Å². The van der Waals surface area contributed by atoms with Gasteiger partial charge in [0.15, 0.2) is 5.76 Å². The van der Waals surface area contributed by atoms with Crippen molar-refractivity contribution < 1.29 is 28.7 Å². The highest BCUT2D eigenvalue weighted by atomic mass is 16.6. The molecule has 0 saturated carbocycles. The normalized spacial score (nSPS) is 14.0. The van der Waals surface area contributed by atoms with E-state index in [-0.39, 0.29) is 35.3 Å². The number of esters is 1. The highest BCUT2D eigenvalue weighted by Crippen LogP contribution is 2.37. The molecule has 138 valence electrons. The zero-order valence-corrected chi connectivity index (χ0v) is 14.6. The second-order valence-electron chi connectivity index (χ2n) is 5.81. The lowest BCUT2D eigenvalue weighted by Crippen LogP contribution is -2.14. The summed E-state index contributed by atoms with van der Waals surface area (Å²) in [6.45, 7) is 1.50. The van der Waals surface area contributed by atoms with Crippen molar-refractivity contribution in [2.75, 3.05) is 13.7 Å². The Hall–Kier alpha value is -3.52. The van der Waals surface area contributed by atoms with Crippen molar-refractivity contribution in [1.29, 1.82) is 0 Å². The molecule has 2 aromatic rings.